The Labute approximate surface area is 200 Å². The van der Waals surface area contributed by atoms with Crippen LogP contribution in [0.25, 0.3) is 11.0 Å². The van der Waals surface area contributed by atoms with E-state index in [4.69, 9.17) is 15.2 Å². The van der Waals surface area contributed by atoms with Crippen LogP contribution in [-0.2, 0) is 25.0 Å². The number of fused-ring (bicyclic) bond motifs is 1. The van der Waals surface area contributed by atoms with Crippen LogP contribution in [0.1, 0.15) is 11.4 Å². The first kappa shape index (κ1) is 21.8. The van der Waals surface area contributed by atoms with Gasteiger partial charge in [-0.25, -0.2) is 4.98 Å². The SMILES string of the molecule is Cn1c(COc2ccc(CN3C(=O)CSC3=O)cc2)nc2ccc(Oc3ccc(N)cc3)cc21. The van der Waals surface area contributed by atoms with Gasteiger partial charge in [0.1, 0.15) is 29.7 Å². The van der Waals surface area contributed by atoms with Crippen molar-refractivity contribution in [3.63, 3.8) is 0 Å². The first-order valence-corrected chi connectivity index (χ1v) is 11.6. The number of benzene rings is 3. The van der Waals surface area contributed by atoms with Crippen molar-refractivity contribution in [1.82, 2.24) is 14.5 Å². The van der Waals surface area contributed by atoms with E-state index >= 15 is 0 Å². The zero-order valence-corrected chi connectivity index (χ0v) is 19.2. The lowest BCUT2D eigenvalue weighted by molar-refractivity contribution is -0.125. The van der Waals surface area contributed by atoms with Gasteiger partial charge in [-0.15, -0.1) is 0 Å². The van der Waals surface area contributed by atoms with E-state index in [1.807, 2.05) is 66.2 Å². The Morgan fingerprint density at radius 3 is 2.38 bits per heavy atom. The van der Waals surface area contributed by atoms with Gasteiger partial charge in [0.2, 0.25) is 5.91 Å². The Hall–Kier alpha value is -3.98. The second-order valence-corrected chi connectivity index (χ2v) is 8.80. The summed E-state index contributed by atoms with van der Waals surface area (Å²) in [6.45, 7) is 0.564. The minimum atomic E-state index is -0.200. The van der Waals surface area contributed by atoms with Crippen LogP contribution in [0.15, 0.2) is 66.7 Å². The summed E-state index contributed by atoms with van der Waals surface area (Å²) >= 11 is 1.04. The number of hydrogen-bond donors (Lipinski definition) is 1. The molecule has 2 heterocycles. The number of hydrogen-bond acceptors (Lipinski definition) is 7. The summed E-state index contributed by atoms with van der Waals surface area (Å²) in [6, 6.07) is 20.3. The molecule has 1 aromatic heterocycles. The van der Waals surface area contributed by atoms with Gasteiger partial charge in [0, 0.05) is 18.8 Å². The number of imide groups is 1. The third kappa shape index (κ3) is 4.55. The zero-order chi connectivity index (χ0) is 23.7. The molecular weight excluding hydrogens is 452 g/mol. The largest absolute Gasteiger partial charge is 0.486 e. The van der Waals surface area contributed by atoms with Crippen molar-refractivity contribution in [1.29, 1.82) is 0 Å². The van der Waals surface area contributed by atoms with Crippen LogP contribution in [0.4, 0.5) is 10.5 Å². The van der Waals surface area contributed by atoms with E-state index in [0.717, 1.165) is 34.2 Å². The van der Waals surface area contributed by atoms with Crippen LogP contribution in [0, 0.1) is 0 Å². The van der Waals surface area contributed by atoms with Gasteiger partial charge >= 0.3 is 0 Å². The van der Waals surface area contributed by atoms with E-state index in [1.165, 1.54) is 4.90 Å². The van der Waals surface area contributed by atoms with Gasteiger partial charge in [0.15, 0.2) is 0 Å². The molecule has 9 heteroatoms. The Morgan fingerprint density at radius 1 is 0.971 bits per heavy atom. The predicted octanol–water partition coefficient (Wildman–Crippen LogP) is 4.72. The molecule has 4 aromatic rings. The Balaban J connectivity index is 1.25. The summed E-state index contributed by atoms with van der Waals surface area (Å²) in [4.78, 5) is 29.5. The highest BCUT2D eigenvalue weighted by Crippen LogP contribution is 2.27. The average molecular weight is 475 g/mol. The summed E-state index contributed by atoms with van der Waals surface area (Å²) in [6.07, 6.45) is 0. The molecule has 1 aliphatic heterocycles. The molecule has 2 amide bonds. The molecule has 8 nitrogen and oxygen atoms in total. The van der Waals surface area contributed by atoms with Crippen LogP contribution >= 0.6 is 11.8 Å². The molecule has 2 N–H and O–H groups in total. The number of rotatable bonds is 7. The van der Waals surface area contributed by atoms with Gasteiger partial charge in [-0.05, 0) is 54.1 Å². The van der Waals surface area contributed by atoms with Crippen molar-refractivity contribution in [3.05, 3.63) is 78.1 Å². The normalized spacial score (nSPS) is 13.6. The number of carbonyl (C=O) groups excluding carboxylic acids is 2. The third-order valence-electron chi connectivity index (χ3n) is 5.53. The van der Waals surface area contributed by atoms with Crippen LogP contribution in [-0.4, -0.2) is 31.4 Å². The topological polar surface area (TPSA) is 99.7 Å². The summed E-state index contributed by atoms with van der Waals surface area (Å²) in [5.41, 5.74) is 9.06. The van der Waals surface area contributed by atoms with Crippen molar-refractivity contribution < 1.29 is 19.1 Å². The fourth-order valence-corrected chi connectivity index (χ4v) is 4.36. The molecule has 1 aliphatic rings. The fourth-order valence-electron chi connectivity index (χ4n) is 3.64. The number of ether oxygens (including phenoxy) is 2. The molecule has 0 saturated carbocycles. The van der Waals surface area contributed by atoms with Crippen LogP contribution < -0.4 is 15.2 Å². The summed E-state index contributed by atoms with van der Waals surface area (Å²) < 4.78 is 13.8. The number of amides is 2. The number of nitrogens with two attached hydrogens (primary N) is 1. The van der Waals surface area contributed by atoms with Gasteiger partial charge in [-0.3, -0.25) is 14.5 Å². The molecule has 1 saturated heterocycles. The first-order valence-electron chi connectivity index (χ1n) is 10.6. The molecule has 0 atom stereocenters. The second-order valence-electron chi connectivity index (χ2n) is 7.88. The number of thioether (sulfide) groups is 1. The molecule has 0 aliphatic carbocycles. The summed E-state index contributed by atoms with van der Waals surface area (Å²) in [7, 11) is 1.94. The molecule has 0 radical (unpaired) electrons. The standard InChI is InChI=1S/C25H22N4O4S/c1-28-22-12-20(33-19-8-4-17(26)5-9-19)10-11-21(22)27-23(28)14-32-18-6-2-16(3-7-18)13-29-24(30)15-34-25(29)31/h2-12H,13-15,26H2,1H3. The number of carbonyl (C=O) groups is 2. The highest BCUT2D eigenvalue weighted by atomic mass is 32.2. The van der Waals surface area contributed by atoms with E-state index in [-0.39, 0.29) is 23.4 Å². The molecule has 1 fully saturated rings. The highest BCUT2D eigenvalue weighted by Gasteiger charge is 2.29. The van der Waals surface area contributed by atoms with E-state index < -0.39 is 0 Å². The predicted molar refractivity (Wildman–Crippen MR) is 131 cm³/mol. The molecule has 3 aromatic carbocycles. The Morgan fingerprint density at radius 2 is 1.68 bits per heavy atom. The third-order valence-corrected chi connectivity index (χ3v) is 6.39. The van der Waals surface area contributed by atoms with Crippen LogP contribution in [0.2, 0.25) is 0 Å². The minimum Gasteiger partial charge on any atom is -0.486 e. The van der Waals surface area contributed by atoms with Crippen molar-refractivity contribution in [2.75, 3.05) is 11.5 Å². The smallest absolute Gasteiger partial charge is 0.289 e. The van der Waals surface area contributed by atoms with Crippen LogP contribution in [0.5, 0.6) is 17.2 Å². The average Bonchev–Trinajstić information content (AvgIpc) is 3.33. The van der Waals surface area contributed by atoms with E-state index in [0.29, 0.717) is 29.5 Å². The lowest BCUT2D eigenvalue weighted by Gasteiger charge is -2.13. The molecule has 0 unspecified atom stereocenters. The minimum absolute atomic E-state index is 0.154. The van der Waals surface area contributed by atoms with Crippen LogP contribution in [0.3, 0.4) is 0 Å². The van der Waals surface area contributed by atoms with Crippen molar-refractivity contribution in [2.24, 2.45) is 7.05 Å². The van der Waals surface area contributed by atoms with E-state index in [2.05, 4.69) is 4.98 Å². The highest BCUT2D eigenvalue weighted by molar-refractivity contribution is 8.14. The number of nitrogens with zero attached hydrogens (tertiary/aromatic N) is 3. The first-order chi connectivity index (χ1) is 16.5. The van der Waals surface area contributed by atoms with E-state index in [9.17, 15) is 9.59 Å². The van der Waals surface area contributed by atoms with Gasteiger partial charge in [-0.2, -0.15) is 0 Å². The Kier molecular flexibility index (Phi) is 5.85. The molecule has 0 bridgehead atoms. The second kappa shape index (κ2) is 9.11. The quantitative estimate of drug-likeness (QED) is 0.387. The van der Waals surface area contributed by atoms with Gasteiger partial charge < -0.3 is 19.8 Å². The number of anilines is 1. The van der Waals surface area contributed by atoms with Crippen molar-refractivity contribution in [3.8, 4) is 17.2 Å². The molecule has 34 heavy (non-hydrogen) atoms. The van der Waals surface area contributed by atoms with E-state index in [1.54, 1.807) is 12.1 Å². The molecule has 172 valence electrons. The van der Waals surface area contributed by atoms with Gasteiger partial charge in [-0.1, -0.05) is 23.9 Å². The molecular formula is C25H22N4O4S. The van der Waals surface area contributed by atoms with Crippen molar-refractivity contribution >= 4 is 39.6 Å². The maximum atomic E-state index is 11.8. The maximum absolute atomic E-state index is 11.8. The monoisotopic (exact) mass is 474 g/mol. The number of aromatic nitrogens is 2. The summed E-state index contributed by atoms with van der Waals surface area (Å²) in [5, 5.41) is -0.200. The Bertz CT molecular complexity index is 1350. The van der Waals surface area contributed by atoms with Gasteiger partial charge in [0.05, 0.1) is 23.3 Å². The number of nitrogen functional groups attached to an aromatic ring is 1. The lowest BCUT2D eigenvalue weighted by atomic mass is 10.2. The lowest BCUT2D eigenvalue weighted by Crippen LogP contribution is -2.27. The van der Waals surface area contributed by atoms with Crippen molar-refractivity contribution in [2.45, 2.75) is 13.2 Å². The molecule has 0 spiro atoms. The molecule has 5 rings (SSSR count). The summed E-state index contributed by atoms with van der Waals surface area (Å²) in [5.74, 6) is 2.93. The number of imidazole rings is 1. The fraction of sp³-hybridized carbons (Fsp3) is 0.160. The number of aryl methyl sites for hydroxylation is 1. The zero-order valence-electron chi connectivity index (χ0n) is 18.4. The van der Waals surface area contributed by atoms with Gasteiger partial charge in [0.25, 0.3) is 5.24 Å². The maximum Gasteiger partial charge on any atom is 0.289 e.